The van der Waals surface area contributed by atoms with Crippen molar-refractivity contribution < 1.29 is 32.2 Å². The van der Waals surface area contributed by atoms with E-state index in [2.05, 4.69) is 5.32 Å². The lowest BCUT2D eigenvalue weighted by Gasteiger charge is -2.31. The summed E-state index contributed by atoms with van der Waals surface area (Å²) in [5, 5.41) is 2.75. The van der Waals surface area contributed by atoms with E-state index in [0.29, 0.717) is 41.9 Å². The molecule has 9 nitrogen and oxygen atoms in total. The number of sulfonamides is 1. The van der Waals surface area contributed by atoms with Gasteiger partial charge in [0.05, 0.1) is 24.7 Å². The Labute approximate surface area is 199 Å². The third-order valence-electron chi connectivity index (χ3n) is 6.23. The Morgan fingerprint density at radius 3 is 2.41 bits per heavy atom. The zero-order valence-electron chi connectivity index (χ0n) is 19.0. The van der Waals surface area contributed by atoms with Crippen LogP contribution in [0.25, 0.3) is 0 Å². The van der Waals surface area contributed by atoms with Gasteiger partial charge in [0, 0.05) is 44.1 Å². The fourth-order valence-corrected chi connectivity index (χ4v) is 5.58. The van der Waals surface area contributed by atoms with Crippen molar-refractivity contribution in [3.8, 4) is 23.0 Å². The number of benzene rings is 2. The second-order valence-electron chi connectivity index (χ2n) is 8.81. The van der Waals surface area contributed by atoms with Gasteiger partial charge in [-0.3, -0.25) is 4.79 Å². The van der Waals surface area contributed by atoms with Gasteiger partial charge in [-0.05, 0) is 37.1 Å². The number of carbonyl (C=O) groups excluding carboxylic acids is 1. The molecule has 1 amide bonds. The summed E-state index contributed by atoms with van der Waals surface area (Å²) in [6.07, 6.45) is 5.69. The van der Waals surface area contributed by atoms with Crippen molar-refractivity contribution in [2.75, 3.05) is 32.1 Å². The Balaban J connectivity index is 1.24. The molecule has 1 spiro atoms. The predicted octanol–water partition coefficient (Wildman–Crippen LogP) is 3.54. The van der Waals surface area contributed by atoms with E-state index >= 15 is 0 Å². The average Bonchev–Trinajstić information content (AvgIpc) is 2.99. The first-order chi connectivity index (χ1) is 16.3. The van der Waals surface area contributed by atoms with Crippen molar-refractivity contribution in [2.45, 2.75) is 49.2 Å². The van der Waals surface area contributed by atoms with Gasteiger partial charge in [0.2, 0.25) is 15.9 Å². The van der Waals surface area contributed by atoms with Crippen molar-refractivity contribution in [2.24, 2.45) is 0 Å². The second-order valence-corrected chi connectivity index (χ2v) is 10.9. The number of rotatable bonds is 5. The number of anilines is 1. The lowest BCUT2D eigenvalue weighted by atomic mass is 9.94. The highest BCUT2D eigenvalue weighted by atomic mass is 32.2. The van der Waals surface area contributed by atoms with E-state index < -0.39 is 21.7 Å². The molecule has 1 fully saturated rings. The van der Waals surface area contributed by atoms with Crippen molar-refractivity contribution in [3.63, 3.8) is 0 Å². The number of amides is 1. The summed E-state index contributed by atoms with van der Waals surface area (Å²) in [5.41, 5.74) is 0.515. The van der Waals surface area contributed by atoms with Crippen LogP contribution in [-0.4, -0.2) is 51.2 Å². The SMILES string of the molecule is CN(CC(=O)Nc1ccc2c(c1)OC1(CCCCC1)O2)S(=O)(=O)c1ccc2c(c1)OCCCO2. The number of ether oxygens (including phenoxy) is 4. The number of likely N-dealkylation sites (N-methyl/N-ethyl adjacent to an activating group) is 1. The van der Waals surface area contributed by atoms with Crippen LogP contribution >= 0.6 is 0 Å². The molecule has 0 saturated heterocycles. The standard InChI is InChI=1S/C24H28N2O7S/c1-26(34(28,29)18-7-9-19-21(15-18)31-13-5-12-30-19)16-23(27)25-17-6-8-20-22(14-17)33-24(32-20)10-3-2-4-11-24/h6-9,14-15H,2-5,10-13,16H2,1H3,(H,25,27). The van der Waals surface area contributed by atoms with E-state index in [1.54, 1.807) is 24.3 Å². The van der Waals surface area contributed by atoms with Gasteiger partial charge in [-0.2, -0.15) is 4.31 Å². The lowest BCUT2D eigenvalue weighted by molar-refractivity contribution is -0.116. The molecule has 1 N–H and O–H groups in total. The number of hydrogen-bond donors (Lipinski definition) is 1. The fourth-order valence-electron chi connectivity index (χ4n) is 4.44. The molecule has 3 aliphatic rings. The van der Waals surface area contributed by atoms with Gasteiger partial charge < -0.3 is 24.3 Å². The highest BCUT2D eigenvalue weighted by molar-refractivity contribution is 7.89. The van der Waals surface area contributed by atoms with Gasteiger partial charge in [-0.1, -0.05) is 6.42 Å². The smallest absolute Gasteiger partial charge is 0.251 e. The molecule has 2 heterocycles. The van der Waals surface area contributed by atoms with Crippen LogP contribution in [0.15, 0.2) is 41.3 Å². The Morgan fingerprint density at radius 1 is 0.912 bits per heavy atom. The van der Waals surface area contributed by atoms with Crippen molar-refractivity contribution in [1.29, 1.82) is 0 Å². The monoisotopic (exact) mass is 488 g/mol. The molecular weight excluding hydrogens is 460 g/mol. The summed E-state index contributed by atoms with van der Waals surface area (Å²) in [7, 11) is -2.54. The number of nitrogens with one attached hydrogen (secondary N) is 1. The maximum absolute atomic E-state index is 13.0. The molecule has 0 atom stereocenters. The molecule has 182 valence electrons. The Hall–Kier alpha value is -2.98. The minimum absolute atomic E-state index is 0.0351. The number of hydrogen-bond acceptors (Lipinski definition) is 7. The first-order valence-electron chi connectivity index (χ1n) is 11.5. The summed E-state index contributed by atoms with van der Waals surface area (Å²) in [6.45, 7) is 0.612. The normalized spacial score (nSPS) is 18.5. The van der Waals surface area contributed by atoms with Gasteiger partial charge in [0.1, 0.15) is 0 Å². The van der Waals surface area contributed by atoms with Gasteiger partial charge in [-0.15, -0.1) is 0 Å². The maximum atomic E-state index is 13.0. The van der Waals surface area contributed by atoms with Gasteiger partial charge >= 0.3 is 0 Å². The molecule has 0 bridgehead atoms. The van der Waals surface area contributed by atoms with E-state index in [4.69, 9.17) is 18.9 Å². The lowest BCUT2D eigenvalue weighted by Crippen LogP contribution is -2.40. The number of carbonyl (C=O) groups is 1. The molecule has 5 rings (SSSR count). The number of nitrogens with zero attached hydrogens (tertiary/aromatic N) is 1. The average molecular weight is 489 g/mol. The van der Waals surface area contributed by atoms with Crippen LogP contribution in [0.2, 0.25) is 0 Å². The summed E-state index contributed by atoms with van der Waals surface area (Å²) in [6, 6.07) is 9.67. The van der Waals surface area contributed by atoms with E-state index in [1.165, 1.54) is 25.6 Å². The molecule has 0 aromatic heterocycles. The molecule has 0 unspecified atom stereocenters. The summed E-state index contributed by atoms with van der Waals surface area (Å²) in [4.78, 5) is 12.7. The molecule has 10 heteroatoms. The molecule has 1 aliphatic carbocycles. The van der Waals surface area contributed by atoms with E-state index in [-0.39, 0.29) is 11.4 Å². The first-order valence-corrected chi connectivity index (χ1v) is 13.0. The van der Waals surface area contributed by atoms with Crippen LogP contribution in [0.1, 0.15) is 38.5 Å². The summed E-state index contributed by atoms with van der Waals surface area (Å²) >= 11 is 0. The second kappa shape index (κ2) is 8.99. The first kappa shape index (κ1) is 22.8. The third-order valence-corrected chi connectivity index (χ3v) is 8.03. The maximum Gasteiger partial charge on any atom is 0.251 e. The van der Waals surface area contributed by atoms with Crippen molar-refractivity contribution >= 4 is 21.6 Å². The summed E-state index contributed by atoms with van der Waals surface area (Å²) in [5.74, 6) is 1.08. The minimum atomic E-state index is -3.91. The van der Waals surface area contributed by atoms with Gasteiger partial charge in [0.25, 0.3) is 5.79 Å². The van der Waals surface area contributed by atoms with Crippen LogP contribution in [0.4, 0.5) is 5.69 Å². The van der Waals surface area contributed by atoms with Crippen molar-refractivity contribution in [1.82, 2.24) is 4.31 Å². The number of fused-ring (bicyclic) bond motifs is 2. The van der Waals surface area contributed by atoms with Crippen LogP contribution in [-0.2, 0) is 14.8 Å². The largest absolute Gasteiger partial charge is 0.490 e. The van der Waals surface area contributed by atoms with Gasteiger partial charge in [-0.25, -0.2) is 8.42 Å². The molecular formula is C24H28N2O7S. The third kappa shape index (κ3) is 4.52. The van der Waals surface area contributed by atoms with Crippen LogP contribution in [0.5, 0.6) is 23.0 Å². The molecule has 2 aromatic rings. The molecule has 0 radical (unpaired) electrons. The molecule has 1 saturated carbocycles. The Morgan fingerprint density at radius 2 is 1.62 bits per heavy atom. The molecule has 2 aliphatic heterocycles. The van der Waals surface area contributed by atoms with Crippen molar-refractivity contribution in [3.05, 3.63) is 36.4 Å². The molecule has 34 heavy (non-hydrogen) atoms. The Kier molecular flexibility index (Phi) is 6.03. The fraction of sp³-hybridized carbons (Fsp3) is 0.458. The van der Waals surface area contributed by atoms with Crippen LogP contribution in [0, 0.1) is 0 Å². The Bertz CT molecular complexity index is 1190. The predicted molar refractivity (Wildman–Crippen MR) is 124 cm³/mol. The zero-order chi connectivity index (χ0) is 23.8. The van der Waals surface area contributed by atoms with E-state index in [1.807, 2.05) is 0 Å². The van der Waals surface area contributed by atoms with E-state index in [9.17, 15) is 13.2 Å². The summed E-state index contributed by atoms with van der Waals surface area (Å²) < 4.78 is 50.4. The van der Waals surface area contributed by atoms with E-state index in [0.717, 1.165) is 36.4 Å². The minimum Gasteiger partial charge on any atom is -0.490 e. The van der Waals surface area contributed by atoms with Crippen LogP contribution < -0.4 is 24.3 Å². The molecule has 2 aromatic carbocycles. The highest BCUT2D eigenvalue weighted by Crippen LogP contribution is 2.46. The quantitative estimate of drug-likeness (QED) is 0.687. The topological polar surface area (TPSA) is 103 Å². The highest BCUT2D eigenvalue weighted by Gasteiger charge is 2.42. The van der Waals surface area contributed by atoms with Gasteiger partial charge in [0.15, 0.2) is 23.0 Å². The zero-order valence-corrected chi connectivity index (χ0v) is 19.9. The van der Waals surface area contributed by atoms with Crippen LogP contribution in [0.3, 0.4) is 0 Å².